The van der Waals surface area contributed by atoms with Crippen LogP contribution >= 0.6 is 0 Å². The molecule has 0 bridgehead atoms. The zero-order chi connectivity index (χ0) is 20.8. The Morgan fingerprint density at radius 2 is 1.15 bits per heavy atom. The third-order valence-corrected chi connectivity index (χ3v) is 4.52. The highest BCUT2D eigenvalue weighted by Gasteiger charge is 2.72. The van der Waals surface area contributed by atoms with Crippen molar-refractivity contribution in [3.63, 3.8) is 0 Å². The van der Waals surface area contributed by atoms with Gasteiger partial charge in [-0.05, 0) is 35.4 Å². The molecule has 27 heavy (non-hydrogen) atoms. The van der Waals surface area contributed by atoms with Crippen LogP contribution in [-0.2, 0) is 11.0 Å². The van der Waals surface area contributed by atoms with Crippen molar-refractivity contribution in [2.24, 2.45) is 0 Å². The van der Waals surface area contributed by atoms with E-state index in [4.69, 9.17) is 0 Å². The van der Waals surface area contributed by atoms with Gasteiger partial charge in [0.15, 0.2) is 0 Å². The van der Waals surface area contributed by atoms with E-state index < -0.39 is 34.7 Å². The molecule has 9 heteroatoms. The predicted octanol–water partition coefficient (Wildman–Crippen LogP) is 4.74. The van der Waals surface area contributed by atoms with Crippen LogP contribution in [-0.4, -0.2) is 27.7 Å². The number of rotatable bonds is 3. The summed E-state index contributed by atoms with van der Waals surface area (Å²) in [6.45, 7) is 3.07. The Kier molecular flexibility index (Phi) is 4.90. The van der Waals surface area contributed by atoms with Crippen molar-refractivity contribution in [1.82, 2.24) is 0 Å². The van der Waals surface area contributed by atoms with Gasteiger partial charge in [-0.25, -0.2) is 0 Å². The summed E-state index contributed by atoms with van der Waals surface area (Å²) in [6, 6.07) is 7.89. The maximum Gasteiger partial charge on any atom is 0.430 e. The van der Waals surface area contributed by atoms with Crippen LogP contribution in [0.2, 0.25) is 0 Å². The average Bonchev–Trinajstić information content (AvgIpc) is 2.52. The Bertz CT molecular complexity index is 808. The molecule has 2 aromatic rings. The number of hydrogen-bond donors (Lipinski definition) is 3. The van der Waals surface area contributed by atoms with Gasteiger partial charge in [-0.1, -0.05) is 32.0 Å². The van der Waals surface area contributed by atoms with Gasteiger partial charge in [0.2, 0.25) is 0 Å². The van der Waals surface area contributed by atoms with Crippen molar-refractivity contribution in [1.29, 1.82) is 0 Å². The first kappa shape index (κ1) is 20.9. The van der Waals surface area contributed by atoms with Gasteiger partial charge in [0.05, 0.1) is 0 Å². The van der Waals surface area contributed by atoms with Crippen LogP contribution < -0.4 is 0 Å². The van der Waals surface area contributed by atoms with Gasteiger partial charge in [0, 0.05) is 11.0 Å². The maximum atomic E-state index is 13.2. The lowest BCUT2D eigenvalue weighted by molar-refractivity contribution is -0.376. The molecule has 3 N–H and O–H groups in total. The molecule has 2 rings (SSSR count). The van der Waals surface area contributed by atoms with Crippen LogP contribution in [0, 0.1) is 0 Å². The summed E-state index contributed by atoms with van der Waals surface area (Å²) in [5.74, 6) is -1.40. The molecule has 0 saturated heterocycles. The van der Waals surface area contributed by atoms with Gasteiger partial charge in [0.1, 0.15) is 11.5 Å². The smallest absolute Gasteiger partial charge is 0.430 e. The van der Waals surface area contributed by atoms with Crippen molar-refractivity contribution in [2.75, 3.05) is 0 Å². The Balaban J connectivity index is 2.70. The average molecular weight is 394 g/mol. The molecule has 0 aliphatic rings. The van der Waals surface area contributed by atoms with E-state index in [1.165, 1.54) is 44.2 Å². The molecule has 0 heterocycles. The summed E-state index contributed by atoms with van der Waals surface area (Å²) in [4.78, 5) is 0. The second-order valence-corrected chi connectivity index (χ2v) is 6.61. The van der Waals surface area contributed by atoms with Crippen molar-refractivity contribution in [3.05, 3.63) is 59.2 Å². The topological polar surface area (TPSA) is 60.7 Å². The summed E-state index contributed by atoms with van der Waals surface area (Å²) in [7, 11) is 0. The fourth-order valence-electron chi connectivity index (χ4n) is 2.73. The summed E-state index contributed by atoms with van der Waals surface area (Å²) >= 11 is 0. The highest BCUT2D eigenvalue weighted by molar-refractivity contribution is 5.48. The highest BCUT2D eigenvalue weighted by atomic mass is 19.4. The SMILES string of the molecule is CC(C)(c1ccc(O)cc1)c1ccc(O)c(C(O)(C(F)(F)F)C(F)(F)F)c1. The summed E-state index contributed by atoms with van der Waals surface area (Å²) in [6.07, 6.45) is -12.2. The summed E-state index contributed by atoms with van der Waals surface area (Å²) in [5.41, 5.74) is -7.54. The molecule has 0 aromatic heterocycles. The molecule has 0 saturated carbocycles. The van der Waals surface area contributed by atoms with Crippen LogP contribution in [0.25, 0.3) is 0 Å². The Hall–Kier alpha value is -2.42. The molecular weight excluding hydrogens is 378 g/mol. The maximum absolute atomic E-state index is 13.2. The van der Waals surface area contributed by atoms with Crippen LogP contribution in [0.4, 0.5) is 26.3 Å². The van der Waals surface area contributed by atoms with Crippen LogP contribution in [0.5, 0.6) is 11.5 Å². The standard InChI is InChI=1S/C18H16F6O3/c1-15(2,10-3-6-12(25)7-4-10)11-5-8-14(26)13(9-11)16(27,17(19,20)21)18(22,23)24/h3-9,25-27H,1-2H3. The van der Waals surface area contributed by atoms with Crippen molar-refractivity contribution in [3.8, 4) is 11.5 Å². The van der Waals surface area contributed by atoms with Crippen LogP contribution in [0.1, 0.15) is 30.5 Å². The number of halogens is 6. The number of aromatic hydroxyl groups is 2. The number of hydrogen-bond acceptors (Lipinski definition) is 3. The van der Waals surface area contributed by atoms with Gasteiger partial charge >= 0.3 is 12.4 Å². The quantitative estimate of drug-likeness (QED) is 0.660. The fourth-order valence-corrected chi connectivity index (χ4v) is 2.73. The van der Waals surface area contributed by atoms with Crippen molar-refractivity contribution in [2.45, 2.75) is 37.2 Å². The molecule has 148 valence electrons. The molecule has 0 fully saturated rings. The van der Waals surface area contributed by atoms with Gasteiger partial charge in [0.25, 0.3) is 5.60 Å². The largest absolute Gasteiger partial charge is 0.508 e. The molecule has 3 nitrogen and oxygen atoms in total. The molecule has 0 amide bonds. The van der Waals surface area contributed by atoms with Crippen molar-refractivity contribution >= 4 is 0 Å². The van der Waals surface area contributed by atoms with Gasteiger partial charge < -0.3 is 15.3 Å². The zero-order valence-electron chi connectivity index (χ0n) is 14.2. The Morgan fingerprint density at radius 3 is 1.59 bits per heavy atom. The fraction of sp³-hybridized carbons (Fsp3) is 0.333. The molecule has 0 spiro atoms. The van der Waals surface area contributed by atoms with E-state index in [0.29, 0.717) is 17.7 Å². The van der Waals surface area contributed by atoms with E-state index in [9.17, 15) is 41.7 Å². The molecule has 0 radical (unpaired) electrons. The molecule has 0 aliphatic carbocycles. The monoisotopic (exact) mass is 394 g/mol. The zero-order valence-corrected chi connectivity index (χ0v) is 14.2. The van der Waals surface area contributed by atoms with Crippen LogP contribution in [0.3, 0.4) is 0 Å². The lowest BCUT2D eigenvalue weighted by Crippen LogP contribution is -2.54. The van der Waals surface area contributed by atoms with E-state index in [0.717, 1.165) is 0 Å². The third kappa shape index (κ3) is 3.43. The number of phenols is 2. The van der Waals surface area contributed by atoms with Gasteiger partial charge in [-0.3, -0.25) is 0 Å². The Labute approximate surface area is 150 Å². The van der Waals surface area contributed by atoms with Gasteiger partial charge in [-0.15, -0.1) is 0 Å². The second kappa shape index (κ2) is 6.33. The van der Waals surface area contributed by atoms with Crippen LogP contribution in [0.15, 0.2) is 42.5 Å². The van der Waals surface area contributed by atoms with E-state index in [2.05, 4.69) is 0 Å². The second-order valence-electron chi connectivity index (χ2n) is 6.61. The molecular formula is C18H16F6O3. The first-order valence-corrected chi connectivity index (χ1v) is 7.61. The highest BCUT2D eigenvalue weighted by Crippen LogP contribution is 2.53. The number of alkyl halides is 6. The minimum absolute atomic E-state index is 0.00656. The number of aliphatic hydroxyl groups is 1. The van der Waals surface area contributed by atoms with E-state index in [1.54, 1.807) is 0 Å². The van der Waals surface area contributed by atoms with E-state index >= 15 is 0 Å². The van der Waals surface area contributed by atoms with E-state index in [-0.39, 0.29) is 11.3 Å². The molecule has 0 aliphatic heterocycles. The molecule has 2 aromatic carbocycles. The third-order valence-electron chi connectivity index (χ3n) is 4.52. The lowest BCUT2D eigenvalue weighted by Gasteiger charge is -2.34. The van der Waals surface area contributed by atoms with Gasteiger partial charge in [-0.2, -0.15) is 26.3 Å². The number of benzene rings is 2. The number of phenolic OH excluding ortho intramolecular Hbond substituents is 2. The molecule has 0 atom stereocenters. The normalized spacial score (nSPS) is 13.7. The van der Waals surface area contributed by atoms with Crippen molar-refractivity contribution < 1.29 is 41.7 Å². The first-order chi connectivity index (χ1) is 12.1. The minimum atomic E-state index is -6.11. The van der Waals surface area contributed by atoms with E-state index in [1.807, 2.05) is 0 Å². The predicted molar refractivity (Wildman–Crippen MR) is 84.3 cm³/mol. The minimum Gasteiger partial charge on any atom is -0.508 e. The Morgan fingerprint density at radius 1 is 0.704 bits per heavy atom. The lowest BCUT2D eigenvalue weighted by atomic mass is 9.76. The summed E-state index contributed by atoms with van der Waals surface area (Å²) in [5, 5.41) is 28.6. The molecule has 0 unspecified atom stereocenters. The first-order valence-electron chi connectivity index (χ1n) is 7.61. The summed E-state index contributed by atoms with van der Waals surface area (Å²) < 4.78 is 78.9.